The fourth-order valence-corrected chi connectivity index (χ4v) is 3.05. The van der Waals surface area contributed by atoms with Crippen LogP contribution in [0.2, 0.25) is 0 Å². The summed E-state index contributed by atoms with van der Waals surface area (Å²) in [6.07, 6.45) is 7.78. The monoisotopic (exact) mass is 347 g/mol. The van der Waals surface area contributed by atoms with Crippen molar-refractivity contribution in [1.82, 2.24) is 4.98 Å². The van der Waals surface area contributed by atoms with E-state index in [2.05, 4.69) is 11.9 Å². The van der Waals surface area contributed by atoms with Gasteiger partial charge in [-0.05, 0) is 42.8 Å². The summed E-state index contributed by atoms with van der Waals surface area (Å²) in [5.41, 5.74) is 2.18. The van der Waals surface area contributed by atoms with Crippen LogP contribution in [0.5, 0.6) is 5.75 Å². The zero-order chi connectivity index (χ0) is 18.2. The molecule has 0 N–H and O–H groups in total. The number of benzene rings is 2. The van der Waals surface area contributed by atoms with Gasteiger partial charge in [-0.15, -0.1) is 0 Å². The van der Waals surface area contributed by atoms with Gasteiger partial charge in [0.1, 0.15) is 5.75 Å². The molecule has 1 aromatic heterocycles. The maximum Gasteiger partial charge on any atom is 0.193 e. The summed E-state index contributed by atoms with van der Waals surface area (Å²) in [5.74, 6) is 0.825. The molecule has 1 heterocycles. The number of ketones is 1. The minimum absolute atomic E-state index is 0.00900. The van der Waals surface area contributed by atoms with Gasteiger partial charge >= 0.3 is 0 Å². The highest BCUT2D eigenvalue weighted by molar-refractivity contribution is 6.15. The predicted molar refractivity (Wildman–Crippen MR) is 106 cm³/mol. The molecule has 0 unspecified atom stereocenters. The Balaban J connectivity index is 1.63. The van der Waals surface area contributed by atoms with Crippen molar-refractivity contribution in [2.75, 3.05) is 6.61 Å². The van der Waals surface area contributed by atoms with Gasteiger partial charge in [0.05, 0.1) is 12.1 Å². The highest BCUT2D eigenvalue weighted by Crippen LogP contribution is 2.21. The number of carbonyl (C=O) groups excluding carboxylic acids is 1. The first kappa shape index (κ1) is 18.1. The number of rotatable bonds is 9. The first-order chi connectivity index (χ1) is 12.8. The van der Waals surface area contributed by atoms with Gasteiger partial charge in [-0.1, -0.05) is 50.8 Å². The standard InChI is InChI=1S/C23H25NO2/c1-2-3-4-5-8-17-26-19-13-11-18(12-14-19)23(25)21-15-16-24-22-10-7-6-9-20(21)22/h6-7,9-16H,2-5,8,17H2,1H3. The Morgan fingerprint density at radius 3 is 2.50 bits per heavy atom. The Hall–Kier alpha value is -2.68. The quantitative estimate of drug-likeness (QED) is 0.362. The van der Waals surface area contributed by atoms with Crippen LogP contribution in [0.15, 0.2) is 60.8 Å². The molecule has 134 valence electrons. The van der Waals surface area contributed by atoms with E-state index in [0.29, 0.717) is 11.1 Å². The number of carbonyl (C=O) groups is 1. The Morgan fingerprint density at radius 2 is 1.69 bits per heavy atom. The van der Waals surface area contributed by atoms with Crippen molar-refractivity contribution in [3.63, 3.8) is 0 Å². The van der Waals surface area contributed by atoms with Crippen molar-refractivity contribution in [2.24, 2.45) is 0 Å². The van der Waals surface area contributed by atoms with Crippen LogP contribution in [0.25, 0.3) is 10.9 Å². The van der Waals surface area contributed by atoms with E-state index < -0.39 is 0 Å². The minimum Gasteiger partial charge on any atom is -0.494 e. The SMILES string of the molecule is CCCCCCCOc1ccc(C(=O)c2ccnc3ccccc23)cc1. The number of unbranched alkanes of at least 4 members (excludes halogenated alkanes) is 4. The molecule has 0 spiro atoms. The maximum absolute atomic E-state index is 12.9. The van der Waals surface area contributed by atoms with Crippen molar-refractivity contribution in [3.8, 4) is 5.75 Å². The zero-order valence-electron chi connectivity index (χ0n) is 15.3. The van der Waals surface area contributed by atoms with E-state index in [-0.39, 0.29) is 5.78 Å². The zero-order valence-corrected chi connectivity index (χ0v) is 15.3. The molecule has 3 nitrogen and oxygen atoms in total. The Kier molecular flexibility index (Phi) is 6.37. The van der Waals surface area contributed by atoms with Crippen LogP contribution in [-0.2, 0) is 0 Å². The minimum atomic E-state index is 0.00900. The molecule has 0 bridgehead atoms. The van der Waals surface area contributed by atoms with E-state index in [0.717, 1.165) is 29.7 Å². The predicted octanol–water partition coefficient (Wildman–Crippen LogP) is 5.82. The summed E-state index contributed by atoms with van der Waals surface area (Å²) in [7, 11) is 0. The lowest BCUT2D eigenvalue weighted by Gasteiger charge is -2.08. The maximum atomic E-state index is 12.9. The van der Waals surface area contributed by atoms with Crippen LogP contribution in [0.4, 0.5) is 0 Å². The van der Waals surface area contributed by atoms with Crippen molar-refractivity contribution in [3.05, 3.63) is 71.9 Å². The van der Waals surface area contributed by atoms with Gasteiger partial charge in [0.15, 0.2) is 5.78 Å². The second-order valence-electron chi connectivity index (χ2n) is 6.49. The molecule has 3 aromatic rings. The number of pyridine rings is 1. The third-order valence-corrected chi connectivity index (χ3v) is 4.53. The van der Waals surface area contributed by atoms with Crippen molar-refractivity contribution in [2.45, 2.75) is 39.0 Å². The Labute approximate surface area is 155 Å². The average Bonchev–Trinajstić information content (AvgIpc) is 2.70. The van der Waals surface area contributed by atoms with Crippen LogP contribution in [-0.4, -0.2) is 17.4 Å². The van der Waals surface area contributed by atoms with Gasteiger partial charge in [0.25, 0.3) is 0 Å². The number of nitrogens with zero attached hydrogens (tertiary/aromatic N) is 1. The smallest absolute Gasteiger partial charge is 0.193 e. The Morgan fingerprint density at radius 1 is 0.923 bits per heavy atom. The van der Waals surface area contributed by atoms with Crippen LogP contribution in [0.3, 0.4) is 0 Å². The van der Waals surface area contributed by atoms with E-state index >= 15 is 0 Å². The van der Waals surface area contributed by atoms with E-state index in [9.17, 15) is 4.79 Å². The third kappa shape index (κ3) is 4.48. The molecule has 0 aliphatic carbocycles. The molecule has 26 heavy (non-hydrogen) atoms. The van der Waals surface area contributed by atoms with Crippen LogP contribution in [0, 0.1) is 0 Å². The van der Waals surface area contributed by atoms with E-state index in [1.54, 1.807) is 12.3 Å². The van der Waals surface area contributed by atoms with Crippen LogP contribution in [0.1, 0.15) is 54.9 Å². The molecular weight excluding hydrogens is 322 g/mol. The number of aromatic nitrogens is 1. The molecule has 3 heteroatoms. The molecule has 0 aliphatic heterocycles. The summed E-state index contributed by atoms with van der Waals surface area (Å²) in [6.45, 7) is 2.94. The van der Waals surface area contributed by atoms with E-state index in [4.69, 9.17) is 4.74 Å². The summed E-state index contributed by atoms with van der Waals surface area (Å²) >= 11 is 0. The lowest BCUT2D eigenvalue weighted by atomic mass is 10.00. The summed E-state index contributed by atoms with van der Waals surface area (Å²) in [6, 6.07) is 16.9. The Bertz CT molecular complexity index is 850. The second kappa shape index (κ2) is 9.14. The lowest BCUT2D eigenvalue weighted by Crippen LogP contribution is -2.03. The normalized spacial score (nSPS) is 10.8. The number of hydrogen-bond donors (Lipinski definition) is 0. The first-order valence-electron chi connectivity index (χ1n) is 9.41. The number of para-hydroxylation sites is 1. The molecule has 2 aromatic carbocycles. The van der Waals surface area contributed by atoms with E-state index in [1.807, 2.05) is 48.5 Å². The fraction of sp³-hybridized carbons (Fsp3) is 0.304. The van der Waals surface area contributed by atoms with Crippen molar-refractivity contribution >= 4 is 16.7 Å². The van der Waals surface area contributed by atoms with Crippen molar-refractivity contribution < 1.29 is 9.53 Å². The molecule has 0 radical (unpaired) electrons. The number of fused-ring (bicyclic) bond motifs is 1. The molecular formula is C23H25NO2. The molecule has 0 aliphatic rings. The van der Waals surface area contributed by atoms with Gasteiger partial charge in [-0.25, -0.2) is 0 Å². The van der Waals surface area contributed by atoms with E-state index in [1.165, 1.54) is 25.7 Å². The molecule has 0 saturated carbocycles. The van der Waals surface area contributed by atoms with Crippen LogP contribution < -0.4 is 4.74 Å². The average molecular weight is 347 g/mol. The fourth-order valence-electron chi connectivity index (χ4n) is 3.05. The lowest BCUT2D eigenvalue weighted by molar-refractivity contribution is 0.104. The highest BCUT2D eigenvalue weighted by Gasteiger charge is 2.12. The molecule has 0 fully saturated rings. The van der Waals surface area contributed by atoms with Gasteiger partial charge in [-0.3, -0.25) is 9.78 Å². The summed E-state index contributed by atoms with van der Waals surface area (Å²) in [4.78, 5) is 17.2. The van der Waals surface area contributed by atoms with Gasteiger partial charge in [0.2, 0.25) is 0 Å². The van der Waals surface area contributed by atoms with Crippen molar-refractivity contribution in [1.29, 1.82) is 0 Å². The second-order valence-corrected chi connectivity index (χ2v) is 6.49. The van der Waals surface area contributed by atoms with Gasteiger partial charge in [-0.2, -0.15) is 0 Å². The number of ether oxygens (including phenoxy) is 1. The molecule has 0 atom stereocenters. The summed E-state index contributed by atoms with van der Waals surface area (Å²) in [5, 5.41) is 0.882. The first-order valence-corrected chi connectivity index (χ1v) is 9.41. The highest BCUT2D eigenvalue weighted by atomic mass is 16.5. The van der Waals surface area contributed by atoms with Gasteiger partial charge in [0, 0.05) is 22.7 Å². The summed E-state index contributed by atoms with van der Waals surface area (Å²) < 4.78 is 5.78. The molecule has 0 saturated heterocycles. The topological polar surface area (TPSA) is 39.2 Å². The molecule has 0 amide bonds. The van der Waals surface area contributed by atoms with Crippen LogP contribution >= 0.6 is 0 Å². The number of hydrogen-bond acceptors (Lipinski definition) is 3. The third-order valence-electron chi connectivity index (χ3n) is 4.53. The largest absolute Gasteiger partial charge is 0.494 e. The van der Waals surface area contributed by atoms with Gasteiger partial charge < -0.3 is 4.74 Å². The molecule has 3 rings (SSSR count).